The number of para-hydroxylation sites is 1. The van der Waals surface area contributed by atoms with Crippen molar-refractivity contribution in [1.82, 2.24) is 29.5 Å². The smallest absolute Gasteiger partial charge is 0.274 e. The van der Waals surface area contributed by atoms with E-state index in [4.69, 9.17) is 9.84 Å². The monoisotopic (exact) mass is 464 g/mol. The SMILES string of the molecule is COCCn1nc(C(=O)N2CCCN(C)CC2)c2c1CCN(Cc1c(C)[nH]c3ccccc13)C2. The molecule has 0 spiro atoms. The molecule has 34 heavy (non-hydrogen) atoms. The Hall–Kier alpha value is -2.68. The average Bonchev–Trinajstić information content (AvgIpc) is 3.26. The van der Waals surface area contributed by atoms with Gasteiger partial charge >= 0.3 is 0 Å². The Morgan fingerprint density at radius 2 is 2.00 bits per heavy atom. The molecule has 0 bridgehead atoms. The number of rotatable bonds is 6. The van der Waals surface area contributed by atoms with Crippen molar-refractivity contribution in [2.24, 2.45) is 0 Å². The molecular weight excluding hydrogens is 428 g/mol. The number of carbonyl (C=O) groups excluding carboxylic acids is 1. The zero-order valence-corrected chi connectivity index (χ0v) is 20.6. The van der Waals surface area contributed by atoms with E-state index >= 15 is 0 Å². The molecule has 0 atom stereocenters. The standard InChI is InChI=1S/C26H36N6O2/c1-19-21(20-7-4-5-8-23(20)27-19)17-30-12-9-24-22(18-30)25(28-32(24)15-16-34-3)26(33)31-11-6-10-29(2)13-14-31/h4-5,7-8,27H,6,9-18H2,1-3H3. The largest absolute Gasteiger partial charge is 0.383 e. The van der Waals surface area contributed by atoms with Gasteiger partial charge in [0.15, 0.2) is 5.69 Å². The molecule has 1 N–H and O–H groups in total. The van der Waals surface area contributed by atoms with Crippen LogP contribution < -0.4 is 0 Å². The fourth-order valence-electron chi connectivity index (χ4n) is 5.38. The van der Waals surface area contributed by atoms with Gasteiger partial charge in [0.05, 0.1) is 13.2 Å². The second-order valence-corrected chi connectivity index (χ2v) is 9.67. The van der Waals surface area contributed by atoms with Gasteiger partial charge in [-0.3, -0.25) is 14.4 Å². The van der Waals surface area contributed by atoms with Crippen LogP contribution in [0.3, 0.4) is 0 Å². The molecule has 5 rings (SSSR count). The van der Waals surface area contributed by atoms with Crippen LogP contribution in [0.5, 0.6) is 0 Å². The van der Waals surface area contributed by atoms with Crippen molar-refractivity contribution in [3.05, 3.63) is 52.5 Å². The lowest BCUT2D eigenvalue weighted by Gasteiger charge is -2.28. The van der Waals surface area contributed by atoms with Crippen molar-refractivity contribution in [2.45, 2.75) is 39.4 Å². The number of amides is 1. The van der Waals surface area contributed by atoms with E-state index in [9.17, 15) is 4.79 Å². The highest BCUT2D eigenvalue weighted by Gasteiger charge is 2.31. The Balaban J connectivity index is 1.42. The first-order valence-electron chi connectivity index (χ1n) is 12.4. The summed E-state index contributed by atoms with van der Waals surface area (Å²) in [6.45, 7) is 9.47. The number of H-pyrrole nitrogens is 1. The second kappa shape index (κ2) is 9.90. The van der Waals surface area contributed by atoms with Crippen LogP contribution in [0.2, 0.25) is 0 Å². The van der Waals surface area contributed by atoms with Gasteiger partial charge in [-0.1, -0.05) is 18.2 Å². The number of benzene rings is 1. The van der Waals surface area contributed by atoms with Crippen LogP contribution in [0.15, 0.2) is 24.3 Å². The molecule has 1 fully saturated rings. The van der Waals surface area contributed by atoms with Gasteiger partial charge in [-0.25, -0.2) is 0 Å². The van der Waals surface area contributed by atoms with Crippen LogP contribution >= 0.6 is 0 Å². The number of fused-ring (bicyclic) bond motifs is 2. The van der Waals surface area contributed by atoms with E-state index in [-0.39, 0.29) is 5.91 Å². The van der Waals surface area contributed by atoms with E-state index in [0.29, 0.717) is 18.8 Å². The summed E-state index contributed by atoms with van der Waals surface area (Å²) in [5.74, 6) is 0.0767. The number of methoxy groups -OCH3 is 1. The molecule has 1 aromatic carbocycles. The third kappa shape index (κ3) is 4.50. The zero-order chi connectivity index (χ0) is 23.7. The topological polar surface area (TPSA) is 69.6 Å². The van der Waals surface area contributed by atoms with E-state index in [1.807, 2.05) is 9.58 Å². The molecule has 182 valence electrons. The summed E-state index contributed by atoms with van der Waals surface area (Å²) in [6, 6.07) is 8.50. The molecule has 8 nitrogen and oxygen atoms in total. The molecule has 0 saturated carbocycles. The van der Waals surface area contributed by atoms with E-state index in [1.165, 1.54) is 27.9 Å². The van der Waals surface area contributed by atoms with Crippen LogP contribution in [0, 0.1) is 6.92 Å². The number of aromatic amines is 1. The molecule has 0 radical (unpaired) electrons. The van der Waals surface area contributed by atoms with E-state index in [2.05, 4.69) is 53.0 Å². The molecule has 2 aromatic heterocycles. The number of hydrogen-bond donors (Lipinski definition) is 1. The first-order valence-corrected chi connectivity index (χ1v) is 12.4. The minimum Gasteiger partial charge on any atom is -0.383 e. The van der Waals surface area contributed by atoms with E-state index in [1.54, 1.807) is 7.11 Å². The Bertz CT molecular complexity index is 1170. The number of carbonyl (C=O) groups is 1. The van der Waals surface area contributed by atoms with Crippen LogP contribution in [0.4, 0.5) is 0 Å². The Morgan fingerprint density at radius 3 is 2.85 bits per heavy atom. The molecule has 2 aliphatic rings. The molecule has 1 amide bonds. The summed E-state index contributed by atoms with van der Waals surface area (Å²) >= 11 is 0. The zero-order valence-electron chi connectivity index (χ0n) is 20.6. The van der Waals surface area contributed by atoms with Gasteiger partial charge < -0.3 is 19.5 Å². The summed E-state index contributed by atoms with van der Waals surface area (Å²) in [7, 11) is 3.83. The third-order valence-corrected chi connectivity index (χ3v) is 7.34. The predicted molar refractivity (Wildman–Crippen MR) is 133 cm³/mol. The molecule has 0 aliphatic carbocycles. The number of hydrogen-bond acceptors (Lipinski definition) is 5. The van der Waals surface area contributed by atoms with Crippen molar-refractivity contribution in [2.75, 3.05) is 53.5 Å². The summed E-state index contributed by atoms with van der Waals surface area (Å²) < 4.78 is 7.34. The lowest BCUT2D eigenvalue weighted by molar-refractivity contribution is 0.0753. The highest BCUT2D eigenvalue weighted by Crippen LogP contribution is 2.28. The molecule has 8 heteroatoms. The fourth-order valence-corrected chi connectivity index (χ4v) is 5.38. The lowest BCUT2D eigenvalue weighted by atomic mass is 10.0. The van der Waals surface area contributed by atoms with Gasteiger partial charge in [-0.2, -0.15) is 5.10 Å². The summed E-state index contributed by atoms with van der Waals surface area (Å²) in [5, 5.41) is 6.14. The Morgan fingerprint density at radius 1 is 1.15 bits per heavy atom. The molecule has 1 saturated heterocycles. The maximum absolute atomic E-state index is 13.6. The maximum Gasteiger partial charge on any atom is 0.274 e. The highest BCUT2D eigenvalue weighted by molar-refractivity contribution is 5.94. The van der Waals surface area contributed by atoms with Crippen LogP contribution in [-0.4, -0.2) is 88.9 Å². The first-order chi connectivity index (χ1) is 16.5. The van der Waals surface area contributed by atoms with E-state index < -0.39 is 0 Å². The van der Waals surface area contributed by atoms with Crippen LogP contribution in [-0.2, 0) is 30.8 Å². The number of nitrogens with one attached hydrogen (secondary N) is 1. The van der Waals surface area contributed by atoms with Gasteiger partial charge in [-0.05, 0) is 38.6 Å². The summed E-state index contributed by atoms with van der Waals surface area (Å²) in [4.78, 5) is 23.9. The molecule has 4 heterocycles. The quantitative estimate of drug-likeness (QED) is 0.608. The Kier molecular flexibility index (Phi) is 6.72. The molecule has 3 aromatic rings. The minimum atomic E-state index is 0.0767. The van der Waals surface area contributed by atoms with Crippen molar-refractivity contribution in [1.29, 1.82) is 0 Å². The van der Waals surface area contributed by atoms with Crippen molar-refractivity contribution in [3.8, 4) is 0 Å². The van der Waals surface area contributed by atoms with Gasteiger partial charge in [0, 0.05) is 80.7 Å². The normalized spacial score (nSPS) is 17.8. The fraction of sp³-hybridized carbons (Fsp3) is 0.538. The number of aryl methyl sites for hydroxylation is 1. The van der Waals surface area contributed by atoms with Gasteiger partial charge in [-0.15, -0.1) is 0 Å². The predicted octanol–water partition coefficient (Wildman–Crippen LogP) is 2.66. The number of likely N-dealkylation sites (N-methyl/N-ethyl adjacent to an activating group) is 1. The Labute approximate surface area is 201 Å². The molecule has 2 aliphatic heterocycles. The second-order valence-electron chi connectivity index (χ2n) is 9.67. The number of aromatic nitrogens is 3. The number of ether oxygens (including phenoxy) is 1. The van der Waals surface area contributed by atoms with E-state index in [0.717, 1.165) is 64.2 Å². The highest BCUT2D eigenvalue weighted by atomic mass is 16.5. The summed E-state index contributed by atoms with van der Waals surface area (Å²) in [6.07, 6.45) is 1.89. The van der Waals surface area contributed by atoms with Crippen LogP contribution in [0.25, 0.3) is 10.9 Å². The molecular formula is C26H36N6O2. The molecule has 0 unspecified atom stereocenters. The average molecular weight is 465 g/mol. The lowest BCUT2D eigenvalue weighted by Crippen LogP contribution is -2.36. The van der Waals surface area contributed by atoms with Crippen molar-refractivity contribution in [3.63, 3.8) is 0 Å². The van der Waals surface area contributed by atoms with Gasteiger partial charge in [0.2, 0.25) is 0 Å². The maximum atomic E-state index is 13.6. The van der Waals surface area contributed by atoms with Gasteiger partial charge in [0.25, 0.3) is 5.91 Å². The van der Waals surface area contributed by atoms with Crippen molar-refractivity contribution >= 4 is 16.8 Å². The third-order valence-electron chi connectivity index (χ3n) is 7.34. The van der Waals surface area contributed by atoms with Crippen LogP contribution in [0.1, 0.15) is 39.4 Å². The summed E-state index contributed by atoms with van der Waals surface area (Å²) in [5.41, 5.74) is 6.67. The number of nitrogens with zero attached hydrogens (tertiary/aromatic N) is 5. The minimum absolute atomic E-state index is 0.0767. The first kappa shape index (κ1) is 23.1. The van der Waals surface area contributed by atoms with Gasteiger partial charge in [0.1, 0.15) is 0 Å². The van der Waals surface area contributed by atoms with Crippen molar-refractivity contribution < 1.29 is 9.53 Å².